The molecule has 0 radical (unpaired) electrons. The molecule has 0 heterocycles. The summed E-state index contributed by atoms with van der Waals surface area (Å²) >= 11 is 11.8. The first-order valence-electron chi connectivity index (χ1n) is 4.27. The number of nitrogens with zero attached hydrogens (tertiary/aromatic N) is 1. The van der Waals surface area contributed by atoms with Gasteiger partial charge in [-0.25, -0.2) is 4.99 Å². The van der Waals surface area contributed by atoms with Gasteiger partial charge in [0.05, 0.1) is 5.88 Å². The number of aliphatic imine (C=N–C) groups is 1. The third kappa shape index (κ3) is 4.40. The highest BCUT2D eigenvalue weighted by Crippen LogP contribution is 2.39. The Morgan fingerprint density at radius 3 is 2.65 bits per heavy atom. The SMILES string of the molecule is NC(CCl)=Nc1c(Br)cc(Br)cc1OC(F)F. The molecule has 0 atom stereocenters. The van der Waals surface area contributed by atoms with Gasteiger partial charge >= 0.3 is 6.61 Å². The van der Waals surface area contributed by atoms with Crippen molar-refractivity contribution in [2.24, 2.45) is 10.7 Å². The molecule has 0 unspecified atom stereocenters. The largest absolute Gasteiger partial charge is 0.432 e. The van der Waals surface area contributed by atoms with E-state index < -0.39 is 6.61 Å². The lowest BCUT2D eigenvalue weighted by Crippen LogP contribution is -2.12. The van der Waals surface area contributed by atoms with Crippen LogP contribution in [0.5, 0.6) is 5.75 Å². The number of amidine groups is 1. The summed E-state index contributed by atoms with van der Waals surface area (Å²) in [6.45, 7) is -2.94. The molecule has 3 nitrogen and oxygen atoms in total. The third-order valence-electron chi connectivity index (χ3n) is 1.60. The summed E-state index contributed by atoms with van der Waals surface area (Å²) in [5, 5.41) is 0. The van der Waals surface area contributed by atoms with Crippen LogP contribution in [0.25, 0.3) is 0 Å². The number of hydrogen-bond donors (Lipinski definition) is 1. The average molecular weight is 392 g/mol. The van der Waals surface area contributed by atoms with Gasteiger partial charge in [-0.15, -0.1) is 11.6 Å². The van der Waals surface area contributed by atoms with Gasteiger partial charge in [0.1, 0.15) is 11.5 Å². The molecular formula is C9H7Br2ClF2N2O. The molecule has 0 bridgehead atoms. The summed E-state index contributed by atoms with van der Waals surface area (Å²) in [6, 6.07) is 3.01. The number of rotatable bonds is 4. The summed E-state index contributed by atoms with van der Waals surface area (Å²) in [6.07, 6.45) is 0. The Labute approximate surface area is 118 Å². The number of halogens is 5. The van der Waals surface area contributed by atoms with Gasteiger partial charge in [-0.05, 0) is 28.1 Å². The molecule has 0 fully saturated rings. The molecule has 2 N–H and O–H groups in total. The first-order valence-corrected chi connectivity index (χ1v) is 6.39. The molecule has 8 heteroatoms. The molecule has 0 aromatic heterocycles. The smallest absolute Gasteiger partial charge is 0.387 e. The Hall–Kier alpha value is -0.400. The van der Waals surface area contributed by atoms with Crippen molar-refractivity contribution >= 4 is 55.0 Å². The second kappa shape index (κ2) is 6.51. The molecule has 0 spiro atoms. The monoisotopic (exact) mass is 390 g/mol. The minimum absolute atomic E-state index is 0.00335. The lowest BCUT2D eigenvalue weighted by Gasteiger charge is -2.10. The quantitative estimate of drug-likeness (QED) is 0.478. The minimum Gasteiger partial charge on any atom is -0.432 e. The van der Waals surface area contributed by atoms with Crippen molar-refractivity contribution in [1.82, 2.24) is 0 Å². The van der Waals surface area contributed by atoms with Crippen molar-refractivity contribution < 1.29 is 13.5 Å². The van der Waals surface area contributed by atoms with Crippen LogP contribution >= 0.6 is 43.5 Å². The van der Waals surface area contributed by atoms with Gasteiger partial charge in [0, 0.05) is 8.95 Å². The lowest BCUT2D eigenvalue weighted by molar-refractivity contribution is -0.0495. The molecule has 0 saturated heterocycles. The fraction of sp³-hybridized carbons (Fsp3) is 0.222. The molecule has 94 valence electrons. The van der Waals surface area contributed by atoms with Crippen LogP contribution < -0.4 is 10.5 Å². The topological polar surface area (TPSA) is 47.6 Å². The summed E-state index contributed by atoms with van der Waals surface area (Å²) in [5.74, 6) is 0.0134. The van der Waals surface area contributed by atoms with Crippen LogP contribution in [-0.4, -0.2) is 18.3 Å². The maximum atomic E-state index is 12.2. The Bertz CT molecular complexity index is 443. The maximum absolute atomic E-state index is 12.2. The van der Waals surface area contributed by atoms with Crippen LogP contribution in [0.4, 0.5) is 14.5 Å². The van der Waals surface area contributed by atoms with Crippen LogP contribution in [0.3, 0.4) is 0 Å². The molecule has 0 amide bonds. The van der Waals surface area contributed by atoms with Crippen molar-refractivity contribution in [3.63, 3.8) is 0 Å². The van der Waals surface area contributed by atoms with Crippen molar-refractivity contribution in [3.05, 3.63) is 21.1 Å². The lowest BCUT2D eigenvalue weighted by atomic mass is 10.3. The van der Waals surface area contributed by atoms with Crippen molar-refractivity contribution in [1.29, 1.82) is 0 Å². The molecular weight excluding hydrogens is 385 g/mol. The van der Waals surface area contributed by atoms with E-state index >= 15 is 0 Å². The van der Waals surface area contributed by atoms with E-state index in [1.165, 1.54) is 6.07 Å². The number of alkyl halides is 3. The predicted molar refractivity (Wildman–Crippen MR) is 70.5 cm³/mol. The molecule has 0 aliphatic carbocycles. The summed E-state index contributed by atoms with van der Waals surface area (Å²) in [5.41, 5.74) is 5.63. The molecule has 1 aromatic rings. The summed E-state index contributed by atoms with van der Waals surface area (Å²) < 4.78 is 29.8. The zero-order valence-corrected chi connectivity index (χ0v) is 12.2. The Morgan fingerprint density at radius 1 is 1.47 bits per heavy atom. The first kappa shape index (κ1) is 14.7. The van der Waals surface area contributed by atoms with E-state index in [0.29, 0.717) is 8.95 Å². The van der Waals surface area contributed by atoms with Crippen molar-refractivity contribution in [2.45, 2.75) is 6.61 Å². The first-order chi connectivity index (χ1) is 7.93. The van der Waals surface area contributed by atoms with E-state index in [0.717, 1.165) is 0 Å². The zero-order valence-electron chi connectivity index (χ0n) is 8.26. The van der Waals surface area contributed by atoms with Crippen LogP contribution in [0.1, 0.15) is 0 Å². The van der Waals surface area contributed by atoms with Crippen LogP contribution in [0.2, 0.25) is 0 Å². The number of nitrogens with two attached hydrogens (primary N) is 1. The van der Waals surface area contributed by atoms with Gasteiger partial charge in [-0.2, -0.15) is 8.78 Å². The highest BCUT2D eigenvalue weighted by molar-refractivity contribution is 9.11. The van der Waals surface area contributed by atoms with Crippen LogP contribution in [-0.2, 0) is 0 Å². The Balaban J connectivity index is 3.25. The molecule has 0 aliphatic heterocycles. The molecule has 0 saturated carbocycles. The number of hydrogen-bond acceptors (Lipinski definition) is 2. The van der Waals surface area contributed by atoms with Gasteiger partial charge in [0.2, 0.25) is 0 Å². The van der Waals surface area contributed by atoms with E-state index in [4.69, 9.17) is 17.3 Å². The van der Waals surface area contributed by atoms with E-state index in [9.17, 15) is 8.78 Å². The molecule has 0 aliphatic rings. The van der Waals surface area contributed by atoms with E-state index in [2.05, 4.69) is 41.6 Å². The van der Waals surface area contributed by atoms with Gasteiger partial charge in [-0.3, -0.25) is 0 Å². The molecule has 17 heavy (non-hydrogen) atoms. The van der Waals surface area contributed by atoms with E-state index in [1.54, 1.807) is 6.07 Å². The molecule has 1 rings (SSSR count). The number of benzene rings is 1. The minimum atomic E-state index is -2.94. The van der Waals surface area contributed by atoms with Crippen LogP contribution in [0.15, 0.2) is 26.1 Å². The van der Waals surface area contributed by atoms with Crippen molar-refractivity contribution in [3.8, 4) is 5.75 Å². The highest BCUT2D eigenvalue weighted by atomic mass is 79.9. The van der Waals surface area contributed by atoms with E-state index in [-0.39, 0.29) is 23.2 Å². The van der Waals surface area contributed by atoms with Gasteiger partial charge < -0.3 is 10.5 Å². The van der Waals surface area contributed by atoms with E-state index in [1.807, 2.05) is 0 Å². The van der Waals surface area contributed by atoms with Gasteiger partial charge in [0.25, 0.3) is 0 Å². The molecule has 1 aromatic carbocycles. The van der Waals surface area contributed by atoms with Crippen molar-refractivity contribution in [2.75, 3.05) is 5.88 Å². The second-order valence-electron chi connectivity index (χ2n) is 2.85. The second-order valence-corrected chi connectivity index (χ2v) is 4.89. The van der Waals surface area contributed by atoms with Gasteiger partial charge in [-0.1, -0.05) is 15.9 Å². The Morgan fingerprint density at radius 2 is 2.12 bits per heavy atom. The predicted octanol–water partition coefficient (Wildman–Crippen LogP) is 4.04. The highest BCUT2D eigenvalue weighted by Gasteiger charge is 2.14. The van der Waals surface area contributed by atoms with Gasteiger partial charge in [0.15, 0.2) is 5.75 Å². The fourth-order valence-corrected chi connectivity index (χ4v) is 2.34. The third-order valence-corrected chi connectivity index (χ3v) is 2.94. The zero-order chi connectivity index (χ0) is 13.0. The number of ether oxygens (including phenoxy) is 1. The van der Waals surface area contributed by atoms with Crippen LogP contribution in [0, 0.1) is 0 Å². The normalized spacial score (nSPS) is 12.0. The standard InChI is InChI=1S/C9H7Br2ClF2N2O/c10-4-1-5(11)8(16-7(15)3-12)6(2-4)17-9(13)14/h1-2,9H,3H2,(H2,15,16). The summed E-state index contributed by atoms with van der Waals surface area (Å²) in [4.78, 5) is 3.91. The average Bonchev–Trinajstić information content (AvgIpc) is 2.21. The maximum Gasteiger partial charge on any atom is 0.387 e. The summed E-state index contributed by atoms with van der Waals surface area (Å²) in [7, 11) is 0. The fourth-order valence-electron chi connectivity index (χ4n) is 1.01. The Kier molecular flexibility index (Phi) is 5.61.